The van der Waals surface area contributed by atoms with Crippen molar-refractivity contribution in [1.82, 2.24) is 0 Å². The van der Waals surface area contributed by atoms with Crippen LogP contribution >= 0.6 is 0 Å². The van der Waals surface area contributed by atoms with Gasteiger partial charge in [0.05, 0.1) is 11.4 Å². The molecule has 3 rings (SSSR count). The van der Waals surface area contributed by atoms with Crippen molar-refractivity contribution in [3.05, 3.63) is 59.7 Å². The van der Waals surface area contributed by atoms with E-state index in [0.717, 1.165) is 42.0 Å². The van der Waals surface area contributed by atoms with Crippen LogP contribution in [0.4, 0.5) is 11.4 Å². The van der Waals surface area contributed by atoms with Crippen LogP contribution < -0.4 is 9.80 Å². The van der Waals surface area contributed by atoms with Gasteiger partial charge in [-0.25, -0.2) is 0 Å². The Hall–Kier alpha value is -2.29. The first kappa shape index (κ1) is 13.7. The normalized spacial score (nSPS) is 14.6. The SMILES string of the molecule is Cc1cccc2c1N(C(=O)c1ccccc1)CCCN2C. The summed E-state index contributed by atoms with van der Waals surface area (Å²) in [6.07, 6.45) is 0.975. The lowest BCUT2D eigenvalue weighted by atomic mass is 10.1. The Morgan fingerprint density at radius 3 is 2.52 bits per heavy atom. The maximum Gasteiger partial charge on any atom is 0.258 e. The fourth-order valence-electron chi connectivity index (χ4n) is 2.94. The summed E-state index contributed by atoms with van der Waals surface area (Å²) < 4.78 is 0. The Bertz CT molecular complexity index is 652. The standard InChI is InChI=1S/C18H20N2O/c1-14-8-6-11-16-17(14)20(13-7-12-19(16)2)18(21)15-9-4-3-5-10-15/h3-6,8-11H,7,12-13H2,1-2H3. The molecule has 1 aliphatic rings. The van der Waals surface area contributed by atoms with Crippen LogP contribution in [0, 0.1) is 6.92 Å². The molecule has 0 atom stereocenters. The lowest BCUT2D eigenvalue weighted by molar-refractivity contribution is 0.0987. The Balaban J connectivity index is 2.08. The molecule has 0 aliphatic carbocycles. The number of para-hydroxylation sites is 1. The van der Waals surface area contributed by atoms with Gasteiger partial charge in [0, 0.05) is 25.7 Å². The molecule has 0 spiro atoms. The van der Waals surface area contributed by atoms with E-state index >= 15 is 0 Å². The summed E-state index contributed by atoms with van der Waals surface area (Å²) in [6, 6.07) is 15.8. The minimum Gasteiger partial charge on any atom is -0.373 e. The molecule has 2 aromatic carbocycles. The van der Waals surface area contributed by atoms with Gasteiger partial charge in [0.2, 0.25) is 0 Å². The predicted molar refractivity (Wildman–Crippen MR) is 87.2 cm³/mol. The average Bonchev–Trinajstić information content (AvgIpc) is 2.68. The van der Waals surface area contributed by atoms with Crippen LogP contribution in [-0.4, -0.2) is 26.0 Å². The van der Waals surface area contributed by atoms with E-state index in [1.807, 2.05) is 35.2 Å². The van der Waals surface area contributed by atoms with Gasteiger partial charge >= 0.3 is 0 Å². The molecule has 0 aromatic heterocycles. The average molecular weight is 280 g/mol. The van der Waals surface area contributed by atoms with Crippen molar-refractivity contribution >= 4 is 17.3 Å². The quantitative estimate of drug-likeness (QED) is 0.798. The molecular weight excluding hydrogens is 260 g/mol. The van der Waals surface area contributed by atoms with Crippen molar-refractivity contribution in [2.45, 2.75) is 13.3 Å². The Morgan fingerprint density at radius 1 is 1.00 bits per heavy atom. The summed E-state index contributed by atoms with van der Waals surface area (Å²) in [4.78, 5) is 17.1. The summed E-state index contributed by atoms with van der Waals surface area (Å²) in [7, 11) is 2.09. The van der Waals surface area contributed by atoms with Crippen molar-refractivity contribution < 1.29 is 4.79 Å². The maximum absolute atomic E-state index is 12.9. The number of fused-ring (bicyclic) bond motifs is 1. The van der Waals surface area contributed by atoms with E-state index in [1.54, 1.807) is 0 Å². The fraction of sp³-hybridized carbons (Fsp3) is 0.278. The number of hydrogen-bond acceptors (Lipinski definition) is 2. The Morgan fingerprint density at radius 2 is 1.76 bits per heavy atom. The van der Waals surface area contributed by atoms with Gasteiger partial charge in [-0.05, 0) is 37.1 Å². The van der Waals surface area contributed by atoms with Gasteiger partial charge in [-0.15, -0.1) is 0 Å². The second kappa shape index (κ2) is 5.60. The Kier molecular flexibility index (Phi) is 3.65. The number of carbonyl (C=O) groups excluding carboxylic acids is 1. The van der Waals surface area contributed by atoms with Crippen molar-refractivity contribution in [3.8, 4) is 0 Å². The zero-order valence-corrected chi connectivity index (χ0v) is 12.5. The van der Waals surface area contributed by atoms with E-state index in [-0.39, 0.29) is 5.91 Å². The third-order valence-electron chi connectivity index (χ3n) is 4.04. The molecule has 2 aromatic rings. The Labute approximate surface area is 125 Å². The number of benzene rings is 2. The topological polar surface area (TPSA) is 23.6 Å². The van der Waals surface area contributed by atoms with E-state index in [0.29, 0.717) is 0 Å². The molecule has 0 bridgehead atoms. The van der Waals surface area contributed by atoms with Crippen molar-refractivity contribution in [2.24, 2.45) is 0 Å². The van der Waals surface area contributed by atoms with Crippen molar-refractivity contribution in [3.63, 3.8) is 0 Å². The third-order valence-corrected chi connectivity index (χ3v) is 4.04. The fourth-order valence-corrected chi connectivity index (χ4v) is 2.94. The van der Waals surface area contributed by atoms with E-state index in [4.69, 9.17) is 0 Å². The van der Waals surface area contributed by atoms with Crippen LogP contribution in [0.5, 0.6) is 0 Å². The van der Waals surface area contributed by atoms with Gasteiger partial charge < -0.3 is 9.80 Å². The minimum absolute atomic E-state index is 0.0847. The van der Waals surface area contributed by atoms with Gasteiger partial charge in [-0.1, -0.05) is 30.3 Å². The van der Waals surface area contributed by atoms with Crippen molar-refractivity contribution in [2.75, 3.05) is 29.9 Å². The molecule has 0 radical (unpaired) electrons. The molecule has 0 fully saturated rings. The predicted octanol–water partition coefficient (Wildman–Crippen LogP) is 3.48. The van der Waals surface area contributed by atoms with Gasteiger partial charge in [-0.2, -0.15) is 0 Å². The summed E-state index contributed by atoms with van der Waals surface area (Å²) >= 11 is 0. The third kappa shape index (κ3) is 2.51. The highest BCUT2D eigenvalue weighted by Crippen LogP contribution is 2.35. The number of rotatable bonds is 1. The molecule has 0 N–H and O–H groups in total. The molecule has 1 heterocycles. The van der Waals surface area contributed by atoms with Crippen LogP contribution in [0.15, 0.2) is 48.5 Å². The molecule has 1 aliphatic heterocycles. The van der Waals surface area contributed by atoms with E-state index in [2.05, 4.69) is 37.1 Å². The molecule has 21 heavy (non-hydrogen) atoms. The zero-order chi connectivity index (χ0) is 14.8. The maximum atomic E-state index is 12.9. The highest BCUT2D eigenvalue weighted by molar-refractivity contribution is 6.08. The summed E-state index contributed by atoms with van der Waals surface area (Å²) in [5, 5.41) is 0. The van der Waals surface area contributed by atoms with Gasteiger partial charge in [0.15, 0.2) is 0 Å². The number of nitrogens with zero attached hydrogens (tertiary/aromatic N) is 2. The second-order valence-corrected chi connectivity index (χ2v) is 5.54. The largest absolute Gasteiger partial charge is 0.373 e. The molecular formula is C18H20N2O. The molecule has 108 valence electrons. The first-order valence-corrected chi connectivity index (χ1v) is 7.36. The van der Waals surface area contributed by atoms with Crippen LogP contribution in [-0.2, 0) is 0 Å². The number of carbonyl (C=O) groups is 1. The van der Waals surface area contributed by atoms with Crippen LogP contribution in [0.3, 0.4) is 0 Å². The van der Waals surface area contributed by atoms with E-state index < -0.39 is 0 Å². The zero-order valence-electron chi connectivity index (χ0n) is 12.5. The van der Waals surface area contributed by atoms with Crippen LogP contribution in [0.25, 0.3) is 0 Å². The van der Waals surface area contributed by atoms with Crippen molar-refractivity contribution in [1.29, 1.82) is 0 Å². The molecule has 3 nitrogen and oxygen atoms in total. The minimum atomic E-state index is 0.0847. The number of amides is 1. The lowest BCUT2D eigenvalue weighted by Gasteiger charge is -2.26. The number of anilines is 2. The van der Waals surface area contributed by atoms with Crippen LogP contribution in [0.1, 0.15) is 22.3 Å². The highest BCUT2D eigenvalue weighted by atomic mass is 16.2. The molecule has 0 saturated heterocycles. The number of hydrogen-bond donors (Lipinski definition) is 0. The van der Waals surface area contributed by atoms with Crippen LogP contribution in [0.2, 0.25) is 0 Å². The van der Waals surface area contributed by atoms with Gasteiger partial charge in [0.1, 0.15) is 0 Å². The first-order chi connectivity index (χ1) is 10.2. The van der Waals surface area contributed by atoms with E-state index in [1.165, 1.54) is 0 Å². The molecule has 3 heteroatoms. The summed E-state index contributed by atoms with van der Waals surface area (Å²) in [5.74, 6) is 0.0847. The molecule has 0 unspecified atom stereocenters. The summed E-state index contributed by atoms with van der Waals surface area (Å²) in [6.45, 7) is 3.80. The second-order valence-electron chi connectivity index (χ2n) is 5.54. The van der Waals surface area contributed by atoms with E-state index in [9.17, 15) is 4.79 Å². The number of aryl methyl sites for hydroxylation is 1. The van der Waals surface area contributed by atoms with Gasteiger partial charge in [-0.3, -0.25) is 4.79 Å². The molecule has 0 saturated carbocycles. The smallest absolute Gasteiger partial charge is 0.258 e. The lowest BCUT2D eigenvalue weighted by Crippen LogP contribution is -2.32. The summed E-state index contributed by atoms with van der Waals surface area (Å²) in [5.41, 5.74) is 4.07. The van der Waals surface area contributed by atoms with Gasteiger partial charge in [0.25, 0.3) is 5.91 Å². The molecule has 1 amide bonds. The highest BCUT2D eigenvalue weighted by Gasteiger charge is 2.25. The first-order valence-electron chi connectivity index (χ1n) is 7.36. The monoisotopic (exact) mass is 280 g/mol.